The van der Waals surface area contributed by atoms with Gasteiger partial charge in [-0.25, -0.2) is 4.39 Å². The van der Waals surface area contributed by atoms with Gasteiger partial charge in [0.1, 0.15) is 5.82 Å². The summed E-state index contributed by atoms with van der Waals surface area (Å²) in [6.45, 7) is 6.19. The summed E-state index contributed by atoms with van der Waals surface area (Å²) >= 11 is 5.52. The Hall–Kier alpha value is -2.01. The lowest BCUT2D eigenvalue weighted by Crippen LogP contribution is -2.41. The number of nitrogens with zero attached hydrogens (tertiary/aromatic N) is 2. The number of halogens is 1. The smallest absolute Gasteiger partial charge is 0.174 e. The van der Waals surface area contributed by atoms with Crippen LogP contribution in [-0.2, 0) is 0 Å². The van der Waals surface area contributed by atoms with Gasteiger partial charge in [-0.3, -0.25) is 4.98 Å². The third-order valence-corrected chi connectivity index (χ3v) is 3.71. The number of hydrogen-bond acceptors (Lipinski definition) is 2. The lowest BCUT2D eigenvalue weighted by molar-refractivity contribution is 0.280. The molecule has 5 heteroatoms. The molecular weight excluding hydrogens is 297 g/mol. The van der Waals surface area contributed by atoms with Gasteiger partial charge < -0.3 is 10.2 Å². The van der Waals surface area contributed by atoms with Crippen molar-refractivity contribution >= 4 is 23.0 Å². The Morgan fingerprint density at radius 2 is 1.95 bits per heavy atom. The zero-order valence-electron chi connectivity index (χ0n) is 13.0. The maximum Gasteiger partial charge on any atom is 0.174 e. The van der Waals surface area contributed by atoms with Gasteiger partial charge in [-0.1, -0.05) is 12.1 Å². The van der Waals surface area contributed by atoms with Crippen LogP contribution in [0.5, 0.6) is 0 Å². The van der Waals surface area contributed by atoms with Gasteiger partial charge in [0.25, 0.3) is 0 Å². The first-order chi connectivity index (χ1) is 10.5. The monoisotopic (exact) mass is 317 g/mol. The first-order valence-electron chi connectivity index (χ1n) is 7.25. The summed E-state index contributed by atoms with van der Waals surface area (Å²) in [5.74, 6) is -0.290. The molecule has 0 radical (unpaired) electrons. The maximum atomic E-state index is 13.3. The second kappa shape index (κ2) is 7.31. The number of thiocarbonyl (C=S) groups is 1. The summed E-state index contributed by atoms with van der Waals surface area (Å²) in [4.78, 5) is 6.45. The molecule has 0 bridgehead atoms. The van der Waals surface area contributed by atoms with Gasteiger partial charge in [0.2, 0.25) is 0 Å². The summed E-state index contributed by atoms with van der Waals surface area (Å²) in [5.41, 5.74) is 1.59. The van der Waals surface area contributed by atoms with Crippen molar-refractivity contribution in [3.05, 3.63) is 60.2 Å². The molecule has 22 heavy (non-hydrogen) atoms. The zero-order valence-corrected chi connectivity index (χ0v) is 13.8. The minimum absolute atomic E-state index is 0.0229. The van der Waals surface area contributed by atoms with Crippen molar-refractivity contribution in [2.24, 2.45) is 0 Å². The minimum Gasteiger partial charge on any atom is -0.338 e. The first kappa shape index (κ1) is 16.4. The molecule has 3 nitrogen and oxygen atoms in total. The molecule has 2 aromatic rings. The summed E-state index contributed by atoms with van der Waals surface area (Å²) in [6.07, 6.45) is 1.77. The predicted octanol–water partition coefficient (Wildman–Crippen LogP) is 4.39. The second-order valence-corrected chi connectivity index (χ2v) is 5.76. The van der Waals surface area contributed by atoms with E-state index in [1.807, 2.05) is 18.2 Å². The number of anilines is 1. The van der Waals surface area contributed by atoms with Gasteiger partial charge >= 0.3 is 0 Å². The molecule has 0 saturated carbocycles. The fourth-order valence-electron chi connectivity index (χ4n) is 2.38. The fourth-order valence-corrected chi connectivity index (χ4v) is 2.86. The Bertz CT molecular complexity index is 631. The predicted molar refractivity (Wildman–Crippen MR) is 92.2 cm³/mol. The average molecular weight is 317 g/mol. The van der Waals surface area contributed by atoms with Crippen LogP contribution >= 0.6 is 12.2 Å². The van der Waals surface area contributed by atoms with Crippen LogP contribution in [0.1, 0.15) is 32.5 Å². The summed E-state index contributed by atoms with van der Waals surface area (Å²) in [6, 6.07) is 12.3. The van der Waals surface area contributed by atoms with Crippen LogP contribution < -0.4 is 5.32 Å². The number of rotatable bonds is 4. The van der Waals surface area contributed by atoms with Gasteiger partial charge in [0.15, 0.2) is 5.11 Å². The lowest BCUT2D eigenvalue weighted by atomic mass is 10.1. The fraction of sp³-hybridized carbons (Fsp3) is 0.294. The van der Waals surface area contributed by atoms with E-state index in [4.69, 9.17) is 12.2 Å². The molecular formula is C17H20FN3S. The molecule has 0 fully saturated rings. The number of hydrogen-bond donors (Lipinski definition) is 1. The molecule has 1 heterocycles. The minimum atomic E-state index is -0.290. The average Bonchev–Trinajstić information content (AvgIpc) is 2.47. The summed E-state index contributed by atoms with van der Waals surface area (Å²) in [5, 5.41) is 3.66. The van der Waals surface area contributed by atoms with Crippen molar-refractivity contribution in [1.82, 2.24) is 9.88 Å². The molecule has 1 aromatic carbocycles. The van der Waals surface area contributed by atoms with Crippen molar-refractivity contribution < 1.29 is 4.39 Å². The third-order valence-electron chi connectivity index (χ3n) is 3.40. The van der Waals surface area contributed by atoms with Crippen molar-refractivity contribution in [2.45, 2.75) is 32.9 Å². The quantitative estimate of drug-likeness (QED) is 0.847. The van der Waals surface area contributed by atoms with Gasteiger partial charge in [-0.15, -0.1) is 0 Å². The van der Waals surface area contributed by atoms with E-state index in [1.165, 1.54) is 12.1 Å². The topological polar surface area (TPSA) is 28.2 Å². The normalized spacial score (nSPS) is 12.0. The number of benzene rings is 1. The van der Waals surface area contributed by atoms with E-state index in [0.717, 1.165) is 5.69 Å². The van der Waals surface area contributed by atoms with E-state index in [1.54, 1.807) is 18.3 Å². The van der Waals surface area contributed by atoms with Crippen molar-refractivity contribution in [3.8, 4) is 0 Å². The molecule has 1 aromatic heterocycles. The van der Waals surface area contributed by atoms with Crippen molar-refractivity contribution in [1.29, 1.82) is 0 Å². The Morgan fingerprint density at radius 3 is 2.55 bits per heavy atom. The molecule has 1 N–H and O–H groups in total. The Labute approximate surface area is 136 Å². The second-order valence-electron chi connectivity index (χ2n) is 5.37. The molecule has 1 atom stereocenters. The number of aromatic nitrogens is 1. The van der Waals surface area contributed by atoms with E-state index in [9.17, 15) is 4.39 Å². The first-order valence-corrected chi connectivity index (χ1v) is 7.65. The molecule has 0 aliphatic rings. The Kier molecular flexibility index (Phi) is 5.44. The molecule has 116 valence electrons. The number of pyridine rings is 1. The largest absolute Gasteiger partial charge is 0.338 e. The molecule has 0 amide bonds. The maximum absolute atomic E-state index is 13.3. The van der Waals surface area contributed by atoms with Crippen LogP contribution in [0.3, 0.4) is 0 Å². The van der Waals surface area contributed by atoms with Crippen LogP contribution in [0.15, 0.2) is 48.7 Å². The van der Waals surface area contributed by atoms with Crippen LogP contribution in [0.25, 0.3) is 0 Å². The summed E-state index contributed by atoms with van der Waals surface area (Å²) in [7, 11) is 0. The highest BCUT2D eigenvalue weighted by molar-refractivity contribution is 7.80. The van der Waals surface area contributed by atoms with Gasteiger partial charge in [-0.2, -0.15) is 0 Å². The van der Waals surface area contributed by atoms with Crippen molar-refractivity contribution in [3.63, 3.8) is 0 Å². The molecule has 0 saturated heterocycles. The van der Waals surface area contributed by atoms with E-state index in [0.29, 0.717) is 10.8 Å². The molecule has 0 spiro atoms. The van der Waals surface area contributed by atoms with Crippen LogP contribution in [0, 0.1) is 5.82 Å². The van der Waals surface area contributed by atoms with E-state index >= 15 is 0 Å². The van der Waals surface area contributed by atoms with E-state index in [2.05, 4.69) is 36.0 Å². The van der Waals surface area contributed by atoms with Crippen molar-refractivity contribution in [2.75, 3.05) is 5.32 Å². The van der Waals surface area contributed by atoms with Crippen LogP contribution in [0.2, 0.25) is 0 Å². The SMILES string of the molecule is CC(C)N(C(=S)Nc1cccc(F)c1)[C@@H](C)c1ccccn1. The van der Waals surface area contributed by atoms with E-state index in [-0.39, 0.29) is 17.9 Å². The lowest BCUT2D eigenvalue weighted by Gasteiger charge is -2.35. The van der Waals surface area contributed by atoms with Gasteiger partial charge in [0.05, 0.1) is 11.7 Å². The third kappa shape index (κ3) is 4.01. The molecule has 0 aliphatic heterocycles. The highest BCUT2D eigenvalue weighted by atomic mass is 32.1. The molecule has 0 aliphatic carbocycles. The summed E-state index contributed by atoms with van der Waals surface area (Å²) < 4.78 is 13.3. The van der Waals surface area contributed by atoms with E-state index < -0.39 is 0 Å². The zero-order chi connectivity index (χ0) is 16.1. The standard InChI is InChI=1S/C17H20FN3S/c1-12(2)21(13(3)16-9-4-5-10-19-16)17(22)20-15-8-6-7-14(18)11-15/h4-13H,1-3H3,(H,20,22)/t13-/m0/s1. The highest BCUT2D eigenvalue weighted by Gasteiger charge is 2.22. The van der Waals surface area contributed by atoms with Crippen LogP contribution in [-0.4, -0.2) is 21.0 Å². The van der Waals surface area contributed by atoms with Crippen LogP contribution in [0.4, 0.5) is 10.1 Å². The van der Waals surface area contributed by atoms with Gasteiger partial charge in [-0.05, 0) is 63.3 Å². The molecule has 0 unspecified atom stereocenters. The Morgan fingerprint density at radius 1 is 1.18 bits per heavy atom. The number of nitrogens with one attached hydrogen (secondary N) is 1. The molecule has 2 rings (SSSR count). The highest BCUT2D eigenvalue weighted by Crippen LogP contribution is 2.22. The van der Waals surface area contributed by atoms with Gasteiger partial charge in [0, 0.05) is 17.9 Å². The Balaban J connectivity index is 2.19.